The number of aliphatic hydroxyl groups excluding tert-OH is 2. The van der Waals surface area contributed by atoms with Gasteiger partial charge in [-0.2, -0.15) is 0 Å². The number of hydrogen-bond acceptors (Lipinski definition) is 9. The van der Waals surface area contributed by atoms with Crippen LogP contribution in [0.5, 0.6) is 0 Å². The second-order valence-electron chi connectivity index (χ2n) is 14.4. The second-order valence-corrected chi connectivity index (χ2v) is 15.8. The van der Waals surface area contributed by atoms with Gasteiger partial charge in [-0.1, -0.05) is 167 Å². The lowest BCUT2D eigenvalue weighted by molar-refractivity contribution is -0.161. The lowest BCUT2D eigenvalue weighted by Crippen LogP contribution is -2.29. The van der Waals surface area contributed by atoms with E-state index in [1.165, 1.54) is 89.9 Å². The Morgan fingerprint density at radius 2 is 1.00 bits per heavy atom. The van der Waals surface area contributed by atoms with Gasteiger partial charge in [0.2, 0.25) is 0 Å². The summed E-state index contributed by atoms with van der Waals surface area (Å²) >= 11 is 0. The molecule has 0 radical (unpaired) electrons. The lowest BCUT2D eigenvalue weighted by Gasteiger charge is -2.20. The molecule has 3 N–H and O–H groups in total. The molecule has 3 atom stereocenters. The van der Waals surface area contributed by atoms with Crippen molar-refractivity contribution in [2.45, 2.75) is 206 Å². The number of unbranched alkanes of at least 4 members (excludes halogenated alkanes) is 22. The molecule has 0 amide bonds. The molecule has 0 aromatic heterocycles. The molecule has 0 spiro atoms. The first kappa shape index (κ1) is 51.5. The number of esters is 2. The number of rotatable bonds is 40. The summed E-state index contributed by atoms with van der Waals surface area (Å²) in [5.74, 6) is -0.934. The Balaban J connectivity index is 4.30. The maximum Gasteiger partial charge on any atom is 0.472 e. The van der Waals surface area contributed by atoms with Crippen LogP contribution in [-0.4, -0.2) is 65.7 Å². The van der Waals surface area contributed by atoms with E-state index in [1.807, 2.05) is 0 Å². The van der Waals surface area contributed by atoms with Gasteiger partial charge < -0.3 is 24.6 Å². The van der Waals surface area contributed by atoms with Crippen molar-refractivity contribution in [3.05, 3.63) is 24.3 Å². The van der Waals surface area contributed by atoms with Crippen molar-refractivity contribution >= 4 is 19.8 Å². The zero-order valence-corrected chi connectivity index (χ0v) is 34.6. The Labute approximate surface area is 323 Å². The number of hydrogen-bond donors (Lipinski definition) is 3. The number of carbonyl (C=O) groups excluding carboxylic acids is 2. The van der Waals surface area contributed by atoms with Crippen molar-refractivity contribution in [1.29, 1.82) is 0 Å². The third-order valence-corrected chi connectivity index (χ3v) is 10.1. The maximum atomic E-state index is 12.6. The van der Waals surface area contributed by atoms with Crippen LogP contribution in [-0.2, 0) is 32.7 Å². The third-order valence-electron chi connectivity index (χ3n) is 9.11. The first-order valence-electron chi connectivity index (χ1n) is 21.3. The fraction of sp³-hybridized carbons (Fsp3) is 0.857. The Bertz CT molecular complexity index is 941. The minimum Gasteiger partial charge on any atom is -0.462 e. The Morgan fingerprint density at radius 3 is 1.51 bits per heavy atom. The monoisotopic (exact) mass is 775 g/mol. The van der Waals surface area contributed by atoms with Gasteiger partial charge in [-0.25, -0.2) is 4.57 Å². The topological polar surface area (TPSA) is 149 Å². The van der Waals surface area contributed by atoms with Crippen LogP contribution in [0.4, 0.5) is 0 Å². The van der Waals surface area contributed by atoms with Crippen molar-refractivity contribution in [1.82, 2.24) is 0 Å². The summed E-state index contributed by atoms with van der Waals surface area (Å²) in [6.07, 6.45) is 37.1. The summed E-state index contributed by atoms with van der Waals surface area (Å²) in [5, 5.41) is 18.3. The average Bonchev–Trinajstić information content (AvgIpc) is 3.14. The van der Waals surface area contributed by atoms with E-state index in [2.05, 4.69) is 42.7 Å². The molecule has 0 heterocycles. The molecule has 0 rings (SSSR count). The predicted octanol–water partition coefficient (Wildman–Crippen LogP) is 11.0. The molecule has 11 heteroatoms. The number of phosphoric acid groups is 1. The van der Waals surface area contributed by atoms with E-state index in [-0.39, 0.29) is 19.4 Å². The van der Waals surface area contributed by atoms with Crippen LogP contribution in [0.1, 0.15) is 194 Å². The van der Waals surface area contributed by atoms with Gasteiger partial charge in [-0.3, -0.25) is 18.6 Å². The van der Waals surface area contributed by atoms with E-state index in [0.717, 1.165) is 64.2 Å². The minimum atomic E-state index is -4.61. The van der Waals surface area contributed by atoms with Crippen LogP contribution in [0.15, 0.2) is 24.3 Å². The van der Waals surface area contributed by atoms with Gasteiger partial charge in [0, 0.05) is 12.8 Å². The van der Waals surface area contributed by atoms with E-state index in [9.17, 15) is 24.2 Å². The highest BCUT2D eigenvalue weighted by Gasteiger charge is 2.27. The van der Waals surface area contributed by atoms with Gasteiger partial charge in [0.05, 0.1) is 19.8 Å². The van der Waals surface area contributed by atoms with E-state index >= 15 is 0 Å². The number of carbonyl (C=O) groups is 2. The second kappa shape index (κ2) is 38.7. The van der Waals surface area contributed by atoms with Crippen molar-refractivity contribution in [3.63, 3.8) is 0 Å². The Hall–Kier alpha value is -1.55. The summed E-state index contributed by atoms with van der Waals surface area (Å²) in [7, 11) is -4.61. The lowest BCUT2D eigenvalue weighted by atomic mass is 10.0. The maximum absolute atomic E-state index is 12.6. The summed E-state index contributed by atoms with van der Waals surface area (Å²) in [6, 6.07) is 0. The zero-order valence-electron chi connectivity index (χ0n) is 33.7. The van der Waals surface area contributed by atoms with Gasteiger partial charge in [-0.15, -0.1) is 0 Å². The molecule has 0 aliphatic heterocycles. The summed E-state index contributed by atoms with van der Waals surface area (Å²) < 4.78 is 32.7. The van der Waals surface area contributed by atoms with Gasteiger partial charge in [0.1, 0.15) is 12.7 Å². The molecule has 0 bridgehead atoms. The Kier molecular flexibility index (Phi) is 37.6. The summed E-state index contributed by atoms with van der Waals surface area (Å²) in [6.45, 7) is 2.34. The molecule has 0 aliphatic rings. The molecule has 0 aromatic rings. The fourth-order valence-electron chi connectivity index (χ4n) is 5.77. The molecule has 1 unspecified atom stereocenters. The molecule has 0 aliphatic carbocycles. The number of aliphatic hydroxyl groups is 2. The fourth-order valence-corrected chi connectivity index (χ4v) is 6.56. The van der Waals surface area contributed by atoms with Gasteiger partial charge >= 0.3 is 19.8 Å². The third kappa shape index (κ3) is 38.5. The van der Waals surface area contributed by atoms with Crippen LogP contribution >= 0.6 is 7.82 Å². The molecule has 53 heavy (non-hydrogen) atoms. The molecule has 10 nitrogen and oxygen atoms in total. The SMILES string of the molecule is CCCC/C=C/C/C=C/CCCCCCCC(=O)OC[C@H](COP(=O)(O)OC[C@@H](O)CO)OC(=O)CCCCCCCCCCCCCCCCCC. The largest absolute Gasteiger partial charge is 0.472 e. The smallest absolute Gasteiger partial charge is 0.462 e. The van der Waals surface area contributed by atoms with Crippen LogP contribution in [0, 0.1) is 0 Å². The molecule has 0 aromatic carbocycles. The number of allylic oxidation sites excluding steroid dienone is 4. The first-order chi connectivity index (χ1) is 25.7. The van der Waals surface area contributed by atoms with Gasteiger partial charge in [0.15, 0.2) is 6.10 Å². The van der Waals surface area contributed by atoms with E-state index in [1.54, 1.807) is 0 Å². The minimum absolute atomic E-state index is 0.185. The first-order valence-corrected chi connectivity index (χ1v) is 22.8. The molecular weight excluding hydrogens is 695 g/mol. The highest BCUT2D eigenvalue weighted by atomic mass is 31.2. The number of phosphoric ester groups is 1. The van der Waals surface area contributed by atoms with Gasteiger partial charge in [-0.05, 0) is 38.5 Å². The van der Waals surface area contributed by atoms with Crippen molar-refractivity contribution in [3.8, 4) is 0 Å². The van der Waals surface area contributed by atoms with Crippen molar-refractivity contribution in [2.24, 2.45) is 0 Å². The van der Waals surface area contributed by atoms with Crippen molar-refractivity contribution < 1.29 is 47.8 Å². The summed E-state index contributed by atoms with van der Waals surface area (Å²) in [4.78, 5) is 34.9. The van der Waals surface area contributed by atoms with Crippen LogP contribution < -0.4 is 0 Å². The van der Waals surface area contributed by atoms with E-state index in [0.29, 0.717) is 12.8 Å². The van der Waals surface area contributed by atoms with Crippen LogP contribution in [0.2, 0.25) is 0 Å². The average molecular weight is 775 g/mol. The highest BCUT2D eigenvalue weighted by Crippen LogP contribution is 2.43. The van der Waals surface area contributed by atoms with E-state index in [4.69, 9.17) is 19.1 Å². The quantitative estimate of drug-likeness (QED) is 0.0238. The van der Waals surface area contributed by atoms with Gasteiger partial charge in [0.25, 0.3) is 0 Å². The highest BCUT2D eigenvalue weighted by molar-refractivity contribution is 7.47. The van der Waals surface area contributed by atoms with Crippen LogP contribution in [0.25, 0.3) is 0 Å². The zero-order chi connectivity index (χ0) is 39.1. The van der Waals surface area contributed by atoms with Crippen LogP contribution in [0.3, 0.4) is 0 Å². The normalized spacial score (nSPS) is 14.1. The van der Waals surface area contributed by atoms with Crippen molar-refractivity contribution in [2.75, 3.05) is 26.4 Å². The van der Waals surface area contributed by atoms with E-state index < -0.39 is 51.8 Å². The standard InChI is InChI=1S/C42H79O10P/c1-3-5-7-9-11-13-15-17-19-20-22-24-26-28-30-32-34-42(46)52-40(38-51-53(47,48)50-36-39(44)35-43)37-49-41(45)33-31-29-27-25-23-21-18-16-14-12-10-8-6-4-2/h10,12,16,18,39-40,43-44H,3-9,11,13-15,17,19-38H2,1-2H3,(H,47,48)/b12-10+,18-16+/t39-,40+/m0/s1. The summed E-state index contributed by atoms with van der Waals surface area (Å²) in [5.41, 5.74) is 0. The molecule has 0 saturated carbocycles. The molecule has 0 fully saturated rings. The Morgan fingerprint density at radius 1 is 0.566 bits per heavy atom. The molecule has 0 saturated heterocycles. The molecule has 312 valence electrons. The molecular formula is C42H79O10P. The predicted molar refractivity (Wildman–Crippen MR) is 215 cm³/mol. The number of ether oxygens (including phenoxy) is 2.